The first-order chi connectivity index (χ1) is 14.4. The van der Waals surface area contributed by atoms with Crippen LogP contribution in [0.4, 0.5) is 5.69 Å². The second-order valence-corrected chi connectivity index (χ2v) is 8.40. The highest BCUT2D eigenvalue weighted by Crippen LogP contribution is 2.26. The van der Waals surface area contributed by atoms with Crippen molar-refractivity contribution in [2.45, 2.75) is 13.3 Å². The van der Waals surface area contributed by atoms with Crippen LogP contribution in [0.3, 0.4) is 0 Å². The first kappa shape index (κ1) is 22.1. The van der Waals surface area contributed by atoms with E-state index in [9.17, 15) is 10.1 Å². The summed E-state index contributed by atoms with van der Waals surface area (Å²) in [5.74, 6) is -0.503. The minimum absolute atomic E-state index is 0.0241. The molecule has 0 aliphatic heterocycles. The van der Waals surface area contributed by atoms with E-state index in [1.165, 1.54) is 6.08 Å². The molecule has 1 N–H and O–H groups in total. The maximum atomic E-state index is 12.6. The smallest absolute Gasteiger partial charge is 0.266 e. The van der Waals surface area contributed by atoms with E-state index >= 15 is 0 Å². The highest BCUT2D eigenvalue weighted by atomic mass is 79.9. The number of carbonyl (C=O) groups is 1. The molecule has 3 aromatic rings. The molecule has 3 nitrogen and oxygen atoms in total. The Hall–Kier alpha value is -2.58. The number of nitriles is 1. The van der Waals surface area contributed by atoms with Gasteiger partial charge in [-0.15, -0.1) is 0 Å². The van der Waals surface area contributed by atoms with Crippen molar-refractivity contribution in [2.75, 3.05) is 5.32 Å². The van der Waals surface area contributed by atoms with Crippen LogP contribution in [0.5, 0.6) is 0 Å². The van der Waals surface area contributed by atoms with Crippen molar-refractivity contribution in [2.24, 2.45) is 0 Å². The molecule has 6 heteroatoms. The van der Waals surface area contributed by atoms with E-state index in [0.717, 1.165) is 21.2 Å². The number of carbonyl (C=O) groups excluding carboxylic acids is 1. The van der Waals surface area contributed by atoms with Crippen LogP contribution in [0.25, 0.3) is 6.08 Å². The van der Waals surface area contributed by atoms with Crippen LogP contribution >= 0.6 is 39.1 Å². The number of benzene rings is 3. The van der Waals surface area contributed by atoms with Crippen LogP contribution in [-0.2, 0) is 11.2 Å². The predicted molar refractivity (Wildman–Crippen MR) is 127 cm³/mol. The van der Waals surface area contributed by atoms with Gasteiger partial charge in [-0.3, -0.25) is 4.79 Å². The maximum Gasteiger partial charge on any atom is 0.266 e. The number of anilines is 1. The summed E-state index contributed by atoms with van der Waals surface area (Å²) in [6.07, 6.45) is 2.19. The van der Waals surface area contributed by atoms with E-state index in [2.05, 4.69) is 21.2 Å². The molecule has 0 heterocycles. The van der Waals surface area contributed by atoms with Gasteiger partial charge in [0.15, 0.2) is 0 Å². The fraction of sp³-hybridized carbons (Fsp3) is 0.0833. The number of aryl methyl sites for hydroxylation is 1. The second-order valence-electron chi connectivity index (χ2n) is 6.70. The van der Waals surface area contributed by atoms with Crippen molar-refractivity contribution < 1.29 is 4.79 Å². The molecule has 0 bridgehead atoms. The van der Waals surface area contributed by atoms with Gasteiger partial charge in [0.1, 0.15) is 11.6 Å². The van der Waals surface area contributed by atoms with Gasteiger partial charge in [-0.05, 0) is 59.5 Å². The molecule has 0 saturated heterocycles. The van der Waals surface area contributed by atoms with Crippen molar-refractivity contribution in [1.29, 1.82) is 5.26 Å². The lowest BCUT2D eigenvalue weighted by Gasteiger charge is -2.09. The zero-order valence-electron chi connectivity index (χ0n) is 16.0. The van der Waals surface area contributed by atoms with Crippen LogP contribution in [0, 0.1) is 18.3 Å². The third-order valence-electron chi connectivity index (χ3n) is 4.54. The minimum atomic E-state index is -0.503. The number of amides is 1. The molecule has 0 aliphatic rings. The summed E-state index contributed by atoms with van der Waals surface area (Å²) in [4.78, 5) is 12.6. The summed E-state index contributed by atoms with van der Waals surface area (Å²) in [5, 5.41) is 13.3. The van der Waals surface area contributed by atoms with Crippen LogP contribution in [0.2, 0.25) is 10.0 Å². The molecule has 3 aromatic carbocycles. The van der Waals surface area contributed by atoms with Crippen molar-refractivity contribution in [3.8, 4) is 6.07 Å². The minimum Gasteiger partial charge on any atom is -0.321 e. The lowest BCUT2D eigenvalue weighted by molar-refractivity contribution is -0.112. The van der Waals surface area contributed by atoms with Crippen molar-refractivity contribution in [3.63, 3.8) is 0 Å². The number of nitrogens with one attached hydrogen (secondary N) is 1. The summed E-state index contributed by atoms with van der Waals surface area (Å²) in [6, 6.07) is 20.6. The highest BCUT2D eigenvalue weighted by Gasteiger charge is 2.12. The molecular formula is C24H17BrCl2N2O. The summed E-state index contributed by atoms with van der Waals surface area (Å²) in [7, 11) is 0. The topological polar surface area (TPSA) is 52.9 Å². The molecule has 0 radical (unpaired) electrons. The zero-order chi connectivity index (χ0) is 21.7. The Kier molecular flexibility index (Phi) is 7.33. The lowest BCUT2D eigenvalue weighted by atomic mass is 10.0. The zero-order valence-corrected chi connectivity index (χ0v) is 19.1. The first-order valence-electron chi connectivity index (χ1n) is 9.08. The van der Waals surface area contributed by atoms with E-state index < -0.39 is 5.91 Å². The first-order valence-corrected chi connectivity index (χ1v) is 10.6. The molecule has 0 atom stereocenters. The molecule has 3 rings (SSSR count). The number of nitrogens with zero attached hydrogens (tertiary/aromatic N) is 1. The van der Waals surface area contributed by atoms with Crippen LogP contribution in [0.1, 0.15) is 22.3 Å². The Morgan fingerprint density at radius 2 is 1.87 bits per heavy atom. The average molecular weight is 500 g/mol. The van der Waals surface area contributed by atoms with E-state index in [-0.39, 0.29) is 5.57 Å². The maximum absolute atomic E-state index is 12.6. The normalized spacial score (nSPS) is 11.1. The van der Waals surface area contributed by atoms with E-state index in [1.54, 1.807) is 24.3 Å². The summed E-state index contributed by atoms with van der Waals surface area (Å²) < 4.78 is 1.02. The quantitative estimate of drug-likeness (QED) is 0.298. The Balaban J connectivity index is 1.81. The fourth-order valence-electron chi connectivity index (χ4n) is 2.88. The van der Waals surface area contributed by atoms with Gasteiger partial charge in [-0.1, -0.05) is 75.5 Å². The molecule has 0 aliphatic carbocycles. The van der Waals surface area contributed by atoms with Gasteiger partial charge in [0.2, 0.25) is 0 Å². The second kappa shape index (κ2) is 9.95. The van der Waals surface area contributed by atoms with Gasteiger partial charge in [-0.2, -0.15) is 5.26 Å². The third-order valence-corrected chi connectivity index (χ3v) is 5.90. The lowest BCUT2D eigenvalue weighted by Crippen LogP contribution is -2.14. The van der Waals surface area contributed by atoms with Crippen molar-refractivity contribution >= 4 is 56.8 Å². The number of rotatable bonds is 5. The third kappa shape index (κ3) is 5.52. The van der Waals surface area contributed by atoms with Crippen LogP contribution < -0.4 is 5.32 Å². The number of hydrogen-bond donors (Lipinski definition) is 1. The van der Waals surface area contributed by atoms with Crippen molar-refractivity contribution in [1.82, 2.24) is 0 Å². The van der Waals surface area contributed by atoms with Gasteiger partial charge in [0.05, 0.1) is 0 Å². The SMILES string of the molecule is Cc1ccc(Cl)cc1NC(=O)/C(C#N)=C/c1ccc(Cc2ccccc2Br)c(Cl)c1. The molecule has 0 spiro atoms. The van der Waals surface area contributed by atoms with Crippen LogP contribution in [-0.4, -0.2) is 5.91 Å². The molecule has 150 valence electrons. The van der Waals surface area contributed by atoms with Crippen LogP contribution in [0.15, 0.2) is 70.7 Å². The van der Waals surface area contributed by atoms with Gasteiger partial charge < -0.3 is 5.32 Å². The van der Waals surface area contributed by atoms with E-state index in [4.69, 9.17) is 23.2 Å². The van der Waals surface area contributed by atoms with E-state index in [1.807, 2.05) is 49.4 Å². The Labute approximate surface area is 194 Å². The summed E-state index contributed by atoms with van der Waals surface area (Å²) >= 11 is 16.0. The summed E-state index contributed by atoms with van der Waals surface area (Å²) in [5.41, 5.74) is 4.14. The van der Waals surface area contributed by atoms with Gasteiger partial charge in [0.25, 0.3) is 5.91 Å². The van der Waals surface area contributed by atoms with Gasteiger partial charge in [0, 0.05) is 26.6 Å². The van der Waals surface area contributed by atoms with Gasteiger partial charge >= 0.3 is 0 Å². The molecule has 0 aromatic heterocycles. The average Bonchev–Trinajstić information content (AvgIpc) is 2.72. The molecule has 1 amide bonds. The standard InChI is InChI=1S/C24H17BrCl2N2O/c1-15-6-9-20(26)13-23(15)29-24(30)19(14-28)10-16-7-8-18(22(27)11-16)12-17-4-2-3-5-21(17)25/h2-11,13H,12H2,1H3,(H,29,30)/b19-10+. The number of halogens is 3. The fourth-order valence-corrected chi connectivity index (χ4v) is 3.73. The molecule has 0 saturated carbocycles. The van der Waals surface area contributed by atoms with Crippen molar-refractivity contribution in [3.05, 3.63) is 103 Å². The molecule has 0 fully saturated rings. The highest BCUT2D eigenvalue weighted by molar-refractivity contribution is 9.10. The monoisotopic (exact) mass is 498 g/mol. The largest absolute Gasteiger partial charge is 0.321 e. The van der Waals surface area contributed by atoms with E-state index in [0.29, 0.717) is 27.7 Å². The Bertz CT molecular complexity index is 1180. The summed E-state index contributed by atoms with van der Waals surface area (Å²) in [6.45, 7) is 1.85. The molecule has 0 unspecified atom stereocenters. The Morgan fingerprint density at radius 3 is 2.57 bits per heavy atom. The molecular weight excluding hydrogens is 483 g/mol. The predicted octanol–water partition coefficient (Wildman–Crippen LogP) is 7.20. The Morgan fingerprint density at radius 1 is 1.10 bits per heavy atom. The van der Waals surface area contributed by atoms with Gasteiger partial charge in [-0.25, -0.2) is 0 Å². The number of hydrogen-bond acceptors (Lipinski definition) is 2. The molecule has 30 heavy (non-hydrogen) atoms.